The number of aromatic hydroxyl groups is 1. The number of fused-ring (bicyclic) bond motifs is 1. The molecule has 0 bridgehead atoms. The molecule has 0 spiro atoms. The molecule has 2 aromatic carbocycles. The van der Waals surface area contributed by atoms with Gasteiger partial charge in [0.2, 0.25) is 5.88 Å². The predicted octanol–water partition coefficient (Wildman–Crippen LogP) is 6.91. The fourth-order valence-electron chi connectivity index (χ4n) is 4.18. The van der Waals surface area contributed by atoms with Gasteiger partial charge in [0.1, 0.15) is 16.5 Å². The van der Waals surface area contributed by atoms with Gasteiger partial charge in [-0.3, -0.25) is 9.59 Å². The smallest absolute Gasteiger partial charge is 0.202 e. The second-order valence-corrected chi connectivity index (χ2v) is 9.16. The molecule has 37 heavy (non-hydrogen) atoms. The normalized spacial score (nSPS) is 11.5. The van der Waals surface area contributed by atoms with Crippen molar-refractivity contribution in [2.75, 3.05) is 24.3 Å². The van der Waals surface area contributed by atoms with Gasteiger partial charge in [-0.25, -0.2) is 4.98 Å². The van der Waals surface area contributed by atoms with E-state index in [0.29, 0.717) is 45.6 Å². The number of rotatable bonds is 6. The van der Waals surface area contributed by atoms with Crippen LogP contribution in [0.25, 0.3) is 22.2 Å². The van der Waals surface area contributed by atoms with Crippen molar-refractivity contribution in [1.82, 2.24) is 4.98 Å². The summed E-state index contributed by atoms with van der Waals surface area (Å²) >= 11 is 6.19. The van der Waals surface area contributed by atoms with E-state index in [1.54, 1.807) is 36.1 Å². The number of hydrogen-bond donors (Lipinski definition) is 2. The Morgan fingerprint density at radius 1 is 1.11 bits per heavy atom. The van der Waals surface area contributed by atoms with Crippen molar-refractivity contribution in [2.24, 2.45) is 0 Å². The molecule has 0 saturated carbocycles. The Kier molecular flexibility index (Phi) is 8.61. The van der Waals surface area contributed by atoms with Crippen LogP contribution < -0.4 is 15.6 Å². The molecule has 0 aliphatic carbocycles. The van der Waals surface area contributed by atoms with E-state index in [-0.39, 0.29) is 27.9 Å². The first kappa shape index (κ1) is 27.7. The molecule has 4 rings (SSSR count). The number of pyridine rings is 1. The van der Waals surface area contributed by atoms with Crippen molar-refractivity contribution in [1.29, 1.82) is 0 Å². The third-order valence-electron chi connectivity index (χ3n) is 5.90. The summed E-state index contributed by atoms with van der Waals surface area (Å²) in [5.41, 5.74) is 4.74. The van der Waals surface area contributed by atoms with Crippen LogP contribution in [0.15, 0.2) is 51.7 Å². The summed E-state index contributed by atoms with van der Waals surface area (Å²) in [7, 11) is 3.67. The highest BCUT2D eigenvalue weighted by Crippen LogP contribution is 2.35. The van der Waals surface area contributed by atoms with Crippen molar-refractivity contribution in [3.8, 4) is 17.0 Å². The molecule has 0 aliphatic heterocycles. The van der Waals surface area contributed by atoms with Gasteiger partial charge in [0.05, 0.1) is 33.9 Å². The standard InChI is InChI=1S/C27H26ClN3O4.C2H6/c1-14-10-19(26-20(11-14)25(34)15(2)27(35-26)31(4)5)16(3)29-21-7-9-23(28)30-24(21)17-6-8-22(33)18(12-17)13-32;1-2/h6-13,16,29,33H,1-5H3;1-2H3. The second-order valence-electron chi connectivity index (χ2n) is 8.77. The van der Waals surface area contributed by atoms with E-state index < -0.39 is 0 Å². The number of carbonyl (C=O) groups excluding carboxylic acids is 1. The number of phenolic OH excluding ortho intramolecular Hbond substituents is 1. The predicted molar refractivity (Wildman–Crippen MR) is 151 cm³/mol. The molecule has 1 atom stereocenters. The second kappa shape index (κ2) is 11.5. The Hall–Kier alpha value is -3.84. The summed E-state index contributed by atoms with van der Waals surface area (Å²) in [6, 6.07) is 11.7. The van der Waals surface area contributed by atoms with E-state index in [0.717, 1.165) is 11.1 Å². The minimum Gasteiger partial charge on any atom is -0.507 e. The minimum atomic E-state index is -0.275. The number of aryl methyl sites for hydroxylation is 1. The lowest BCUT2D eigenvalue weighted by molar-refractivity contribution is 0.112. The Bertz CT molecular complexity index is 1510. The SMILES string of the molecule is CC.Cc1cc(C(C)Nc2ccc(Cl)nc2-c2ccc(O)c(C=O)c2)c2oc(N(C)C)c(C)c(=O)c2c1. The van der Waals surface area contributed by atoms with E-state index in [2.05, 4.69) is 10.3 Å². The van der Waals surface area contributed by atoms with Gasteiger partial charge in [0.25, 0.3) is 0 Å². The van der Waals surface area contributed by atoms with Gasteiger partial charge in [0.15, 0.2) is 11.7 Å². The first-order valence-corrected chi connectivity index (χ1v) is 12.5. The molecule has 0 aliphatic rings. The van der Waals surface area contributed by atoms with Crippen molar-refractivity contribution in [3.05, 3.63) is 80.1 Å². The van der Waals surface area contributed by atoms with E-state index in [4.69, 9.17) is 16.0 Å². The third kappa shape index (κ3) is 5.62. The van der Waals surface area contributed by atoms with Gasteiger partial charge >= 0.3 is 0 Å². The quantitative estimate of drug-likeness (QED) is 0.210. The average molecular weight is 522 g/mol. The van der Waals surface area contributed by atoms with E-state index >= 15 is 0 Å². The zero-order valence-corrected chi connectivity index (χ0v) is 22.9. The fourth-order valence-corrected chi connectivity index (χ4v) is 4.33. The molecule has 8 heteroatoms. The number of aromatic nitrogens is 1. The van der Waals surface area contributed by atoms with Gasteiger partial charge < -0.3 is 19.7 Å². The molecule has 194 valence electrons. The monoisotopic (exact) mass is 521 g/mol. The van der Waals surface area contributed by atoms with Gasteiger partial charge in [-0.15, -0.1) is 0 Å². The number of phenols is 1. The molecule has 0 amide bonds. The van der Waals surface area contributed by atoms with Crippen LogP contribution in [0.1, 0.15) is 53.9 Å². The van der Waals surface area contributed by atoms with Crippen molar-refractivity contribution < 1.29 is 14.3 Å². The molecular formula is C29H32ClN3O4. The number of halogens is 1. The summed E-state index contributed by atoms with van der Waals surface area (Å²) in [5, 5.41) is 14.2. The Morgan fingerprint density at radius 3 is 2.46 bits per heavy atom. The van der Waals surface area contributed by atoms with Crippen molar-refractivity contribution in [2.45, 2.75) is 40.7 Å². The third-order valence-corrected chi connectivity index (χ3v) is 6.11. The highest BCUT2D eigenvalue weighted by molar-refractivity contribution is 6.29. The Morgan fingerprint density at radius 2 is 1.81 bits per heavy atom. The average Bonchev–Trinajstić information content (AvgIpc) is 2.88. The number of anilines is 2. The zero-order valence-electron chi connectivity index (χ0n) is 22.1. The van der Waals surface area contributed by atoms with Crippen LogP contribution in [0, 0.1) is 13.8 Å². The molecule has 0 fully saturated rings. The first-order valence-electron chi connectivity index (χ1n) is 12.1. The maximum atomic E-state index is 13.1. The van der Waals surface area contributed by atoms with Crippen LogP contribution in [-0.4, -0.2) is 30.5 Å². The van der Waals surface area contributed by atoms with Gasteiger partial charge in [-0.05, 0) is 62.7 Å². The van der Waals surface area contributed by atoms with Crippen LogP contribution in [0.5, 0.6) is 5.75 Å². The molecule has 7 nitrogen and oxygen atoms in total. The molecule has 2 aromatic heterocycles. The lowest BCUT2D eigenvalue weighted by Crippen LogP contribution is -2.18. The lowest BCUT2D eigenvalue weighted by Gasteiger charge is -2.21. The summed E-state index contributed by atoms with van der Waals surface area (Å²) in [4.78, 5) is 30.7. The molecule has 2 N–H and O–H groups in total. The van der Waals surface area contributed by atoms with Crippen LogP contribution in [0.3, 0.4) is 0 Å². The highest BCUT2D eigenvalue weighted by atomic mass is 35.5. The maximum Gasteiger partial charge on any atom is 0.202 e. The Balaban J connectivity index is 0.00000186. The number of nitrogens with zero attached hydrogens (tertiary/aromatic N) is 2. The molecule has 2 heterocycles. The first-order chi connectivity index (χ1) is 17.6. The molecule has 1 unspecified atom stereocenters. The van der Waals surface area contributed by atoms with Crippen LogP contribution in [0.2, 0.25) is 5.15 Å². The molecular weight excluding hydrogens is 490 g/mol. The molecule has 4 aromatic rings. The zero-order chi connectivity index (χ0) is 27.4. The van der Waals surface area contributed by atoms with Gasteiger partial charge in [0, 0.05) is 25.2 Å². The molecule has 0 radical (unpaired) electrons. The van der Waals surface area contributed by atoms with Gasteiger partial charge in [-0.1, -0.05) is 31.5 Å². The van der Waals surface area contributed by atoms with Crippen molar-refractivity contribution >= 4 is 40.4 Å². The number of aldehydes is 1. The lowest BCUT2D eigenvalue weighted by atomic mass is 9.99. The highest BCUT2D eigenvalue weighted by Gasteiger charge is 2.20. The number of hydrogen-bond acceptors (Lipinski definition) is 7. The Labute approximate surface area is 221 Å². The fraction of sp³-hybridized carbons (Fsp3) is 0.276. The summed E-state index contributed by atoms with van der Waals surface area (Å²) in [5.74, 6) is 0.404. The van der Waals surface area contributed by atoms with Crippen LogP contribution >= 0.6 is 11.6 Å². The van der Waals surface area contributed by atoms with E-state index in [9.17, 15) is 14.7 Å². The summed E-state index contributed by atoms with van der Waals surface area (Å²) < 4.78 is 6.24. The summed E-state index contributed by atoms with van der Waals surface area (Å²) in [6.45, 7) is 9.67. The van der Waals surface area contributed by atoms with Crippen LogP contribution in [0.4, 0.5) is 11.6 Å². The topological polar surface area (TPSA) is 95.7 Å². The number of nitrogens with one attached hydrogen (secondary N) is 1. The minimum absolute atomic E-state index is 0.0635. The van der Waals surface area contributed by atoms with Crippen LogP contribution in [-0.2, 0) is 0 Å². The maximum absolute atomic E-state index is 13.1. The number of benzene rings is 2. The van der Waals surface area contributed by atoms with E-state index in [1.165, 1.54) is 6.07 Å². The largest absolute Gasteiger partial charge is 0.507 e. The van der Waals surface area contributed by atoms with Crippen molar-refractivity contribution in [3.63, 3.8) is 0 Å². The number of carbonyl (C=O) groups is 1. The molecule has 0 saturated heterocycles. The van der Waals surface area contributed by atoms with Gasteiger partial charge in [-0.2, -0.15) is 0 Å². The van der Waals surface area contributed by atoms with E-state index in [1.807, 2.05) is 53.9 Å². The summed E-state index contributed by atoms with van der Waals surface area (Å²) in [6.07, 6.45) is 0.588.